The Labute approximate surface area is 138 Å². The molecule has 2 heterocycles. The molecule has 3 rings (SSSR count). The molecule has 0 fully saturated rings. The fraction of sp³-hybridized carbons (Fsp3) is 0.200. The summed E-state index contributed by atoms with van der Waals surface area (Å²) < 4.78 is 32.5. The standard InChI is InChI=1S/C15H15N3O3S2/c1-10-4-3-5-12(8-10)9-23(19,20)18-13-6-7-22-14(13)15-16-11(2)17-21-15/h3-8,18H,9H2,1-2H3. The maximum absolute atomic E-state index is 12.4. The summed E-state index contributed by atoms with van der Waals surface area (Å²) in [6.45, 7) is 3.64. The van der Waals surface area contributed by atoms with E-state index in [-0.39, 0.29) is 5.75 Å². The topological polar surface area (TPSA) is 85.1 Å². The highest BCUT2D eigenvalue weighted by atomic mass is 32.2. The number of thiophene rings is 1. The number of nitrogens with zero attached hydrogens (tertiary/aromatic N) is 2. The van der Waals surface area contributed by atoms with Crippen molar-refractivity contribution in [2.75, 3.05) is 4.72 Å². The van der Waals surface area contributed by atoms with Crippen molar-refractivity contribution in [3.05, 3.63) is 52.7 Å². The summed E-state index contributed by atoms with van der Waals surface area (Å²) in [6, 6.07) is 9.11. The molecular weight excluding hydrogens is 334 g/mol. The molecule has 0 atom stereocenters. The fourth-order valence-corrected chi connectivity index (χ4v) is 4.20. The Bertz CT molecular complexity index is 929. The molecule has 120 valence electrons. The number of benzene rings is 1. The Morgan fingerprint density at radius 3 is 2.78 bits per heavy atom. The lowest BCUT2D eigenvalue weighted by molar-refractivity contribution is 0.426. The van der Waals surface area contributed by atoms with Gasteiger partial charge in [0, 0.05) is 0 Å². The molecule has 0 aliphatic rings. The van der Waals surface area contributed by atoms with Gasteiger partial charge in [-0.15, -0.1) is 11.3 Å². The summed E-state index contributed by atoms with van der Waals surface area (Å²) in [5, 5.41) is 5.51. The molecule has 0 unspecified atom stereocenters. The monoisotopic (exact) mass is 349 g/mol. The summed E-state index contributed by atoms with van der Waals surface area (Å²) >= 11 is 1.34. The Hall–Kier alpha value is -2.19. The number of aryl methyl sites for hydroxylation is 2. The van der Waals surface area contributed by atoms with Gasteiger partial charge in [-0.3, -0.25) is 4.72 Å². The predicted octanol–water partition coefficient (Wildman–Crippen LogP) is 3.36. The Morgan fingerprint density at radius 1 is 1.26 bits per heavy atom. The highest BCUT2D eigenvalue weighted by Crippen LogP contribution is 2.33. The molecule has 0 bridgehead atoms. The molecule has 0 saturated heterocycles. The molecule has 0 spiro atoms. The minimum absolute atomic E-state index is 0.0904. The molecule has 0 aliphatic heterocycles. The van der Waals surface area contributed by atoms with Crippen LogP contribution < -0.4 is 4.72 Å². The normalized spacial score (nSPS) is 11.6. The molecular formula is C15H15N3O3S2. The Morgan fingerprint density at radius 2 is 2.09 bits per heavy atom. The third-order valence-electron chi connectivity index (χ3n) is 3.09. The highest BCUT2D eigenvalue weighted by molar-refractivity contribution is 7.92. The second-order valence-corrected chi connectivity index (χ2v) is 7.80. The second-order valence-electron chi connectivity index (χ2n) is 5.16. The van der Waals surface area contributed by atoms with Crippen molar-refractivity contribution in [2.24, 2.45) is 0 Å². The van der Waals surface area contributed by atoms with Crippen LogP contribution in [0.25, 0.3) is 10.8 Å². The van der Waals surface area contributed by atoms with E-state index in [9.17, 15) is 8.42 Å². The number of anilines is 1. The van der Waals surface area contributed by atoms with Gasteiger partial charge in [-0.25, -0.2) is 8.42 Å². The van der Waals surface area contributed by atoms with Crippen LogP contribution in [0.5, 0.6) is 0 Å². The van der Waals surface area contributed by atoms with E-state index >= 15 is 0 Å². The Kier molecular flexibility index (Phi) is 4.18. The molecule has 0 aliphatic carbocycles. The lowest BCUT2D eigenvalue weighted by atomic mass is 10.2. The zero-order valence-electron chi connectivity index (χ0n) is 12.6. The van der Waals surface area contributed by atoms with Crippen molar-refractivity contribution in [2.45, 2.75) is 19.6 Å². The first kappa shape index (κ1) is 15.7. The summed E-state index contributed by atoms with van der Waals surface area (Å²) in [4.78, 5) is 4.75. The first-order chi connectivity index (χ1) is 10.9. The number of hydrogen-bond acceptors (Lipinski definition) is 6. The third kappa shape index (κ3) is 3.77. The zero-order chi connectivity index (χ0) is 16.4. The van der Waals surface area contributed by atoms with E-state index in [1.165, 1.54) is 11.3 Å². The smallest absolute Gasteiger partial charge is 0.270 e. The first-order valence-corrected chi connectivity index (χ1v) is 9.40. The van der Waals surface area contributed by atoms with Gasteiger partial charge in [0.05, 0.1) is 11.4 Å². The van der Waals surface area contributed by atoms with E-state index in [0.29, 0.717) is 22.3 Å². The number of nitrogens with one attached hydrogen (secondary N) is 1. The summed E-state index contributed by atoms with van der Waals surface area (Å²) in [7, 11) is -3.53. The highest BCUT2D eigenvalue weighted by Gasteiger charge is 2.18. The van der Waals surface area contributed by atoms with Gasteiger partial charge in [-0.2, -0.15) is 4.98 Å². The van der Waals surface area contributed by atoms with E-state index < -0.39 is 10.0 Å². The van der Waals surface area contributed by atoms with Crippen molar-refractivity contribution in [3.63, 3.8) is 0 Å². The molecule has 2 aromatic heterocycles. The molecule has 0 amide bonds. The van der Waals surface area contributed by atoms with Crippen LogP contribution in [0.3, 0.4) is 0 Å². The molecule has 1 aromatic carbocycles. The van der Waals surface area contributed by atoms with Gasteiger partial charge < -0.3 is 4.52 Å². The number of aromatic nitrogens is 2. The Balaban J connectivity index is 1.83. The van der Waals surface area contributed by atoms with Crippen LogP contribution in [0.4, 0.5) is 5.69 Å². The minimum atomic E-state index is -3.53. The lowest BCUT2D eigenvalue weighted by Gasteiger charge is -2.08. The van der Waals surface area contributed by atoms with Crippen LogP contribution in [-0.4, -0.2) is 18.6 Å². The summed E-state index contributed by atoms with van der Waals surface area (Å²) in [6.07, 6.45) is 0. The van der Waals surface area contributed by atoms with Crippen molar-refractivity contribution in [3.8, 4) is 10.8 Å². The van der Waals surface area contributed by atoms with Crippen molar-refractivity contribution >= 4 is 27.0 Å². The molecule has 0 radical (unpaired) electrons. The SMILES string of the molecule is Cc1cccc(CS(=O)(=O)Nc2ccsc2-c2nc(C)no2)c1. The molecule has 3 aromatic rings. The van der Waals surface area contributed by atoms with Crippen molar-refractivity contribution in [1.29, 1.82) is 0 Å². The molecule has 1 N–H and O–H groups in total. The van der Waals surface area contributed by atoms with Gasteiger partial charge in [0.2, 0.25) is 10.0 Å². The lowest BCUT2D eigenvalue weighted by Crippen LogP contribution is -2.15. The third-order valence-corrected chi connectivity index (χ3v) is 5.24. The van der Waals surface area contributed by atoms with Crippen LogP contribution in [-0.2, 0) is 15.8 Å². The van der Waals surface area contributed by atoms with Crippen LogP contribution >= 0.6 is 11.3 Å². The molecule has 8 heteroatoms. The first-order valence-electron chi connectivity index (χ1n) is 6.87. The average molecular weight is 349 g/mol. The van der Waals surface area contributed by atoms with Gasteiger partial charge in [0.1, 0.15) is 4.88 Å². The molecule has 0 saturated carbocycles. The molecule has 6 nitrogen and oxygen atoms in total. The van der Waals surface area contributed by atoms with E-state index in [2.05, 4.69) is 14.9 Å². The fourth-order valence-electron chi connectivity index (χ4n) is 2.17. The largest absolute Gasteiger partial charge is 0.333 e. The van der Waals surface area contributed by atoms with E-state index in [0.717, 1.165) is 11.1 Å². The van der Waals surface area contributed by atoms with Gasteiger partial charge >= 0.3 is 0 Å². The van der Waals surface area contributed by atoms with Crippen LogP contribution in [0, 0.1) is 13.8 Å². The quantitative estimate of drug-likeness (QED) is 0.763. The zero-order valence-corrected chi connectivity index (χ0v) is 14.2. The predicted molar refractivity (Wildman–Crippen MR) is 89.8 cm³/mol. The van der Waals surface area contributed by atoms with E-state index in [1.54, 1.807) is 24.4 Å². The number of hydrogen-bond donors (Lipinski definition) is 1. The van der Waals surface area contributed by atoms with Crippen molar-refractivity contribution < 1.29 is 12.9 Å². The maximum atomic E-state index is 12.4. The maximum Gasteiger partial charge on any atom is 0.270 e. The van der Waals surface area contributed by atoms with Crippen LogP contribution in [0.1, 0.15) is 17.0 Å². The van der Waals surface area contributed by atoms with Gasteiger partial charge in [-0.1, -0.05) is 35.0 Å². The van der Waals surface area contributed by atoms with Gasteiger partial charge in [0.15, 0.2) is 5.82 Å². The van der Waals surface area contributed by atoms with Gasteiger partial charge in [0.25, 0.3) is 5.89 Å². The van der Waals surface area contributed by atoms with Gasteiger partial charge in [-0.05, 0) is 30.9 Å². The number of sulfonamides is 1. The minimum Gasteiger partial charge on any atom is -0.333 e. The van der Waals surface area contributed by atoms with E-state index in [1.807, 2.05) is 25.1 Å². The van der Waals surface area contributed by atoms with Crippen LogP contribution in [0.15, 0.2) is 40.2 Å². The second kappa shape index (κ2) is 6.13. The summed E-state index contributed by atoms with van der Waals surface area (Å²) in [5.74, 6) is 0.722. The average Bonchev–Trinajstić information content (AvgIpc) is 3.06. The van der Waals surface area contributed by atoms with Crippen molar-refractivity contribution in [1.82, 2.24) is 10.1 Å². The van der Waals surface area contributed by atoms with E-state index in [4.69, 9.17) is 4.52 Å². The summed E-state index contributed by atoms with van der Waals surface area (Å²) in [5.41, 5.74) is 2.21. The molecule has 23 heavy (non-hydrogen) atoms. The number of rotatable bonds is 5. The van der Waals surface area contributed by atoms with Crippen LogP contribution in [0.2, 0.25) is 0 Å².